The summed E-state index contributed by atoms with van der Waals surface area (Å²) in [5.41, 5.74) is 0.0412. The molecule has 2 fully saturated rings. The molecule has 2 aliphatic rings. The standard InChI is InChI=1S/C16H24N4O3/c1-15(2,3)19-14(21)12-10-18-13(11-17-12)20-6-4-16(5-7-20)22-8-9-23-16/h10-11H,4-9H2,1-3H3,(H,19,21). The van der Waals surface area contributed by atoms with Crippen LogP contribution in [0.25, 0.3) is 0 Å². The van der Waals surface area contributed by atoms with E-state index >= 15 is 0 Å². The van der Waals surface area contributed by atoms with Gasteiger partial charge in [0, 0.05) is 31.5 Å². The number of aromatic nitrogens is 2. The van der Waals surface area contributed by atoms with E-state index < -0.39 is 5.79 Å². The summed E-state index contributed by atoms with van der Waals surface area (Å²) in [5, 5.41) is 2.88. The van der Waals surface area contributed by atoms with E-state index in [1.807, 2.05) is 20.8 Å². The first-order valence-electron chi connectivity index (χ1n) is 8.04. The number of nitrogens with zero attached hydrogens (tertiary/aromatic N) is 3. The van der Waals surface area contributed by atoms with E-state index in [9.17, 15) is 4.79 Å². The van der Waals surface area contributed by atoms with Gasteiger partial charge < -0.3 is 19.7 Å². The average Bonchev–Trinajstić information content (AvgIpc) is 2.95. The fourth-order valence-electron chi connectivity index (χ4n) is 2.87. The maximum atomic E-state index is 12.1. The summed E-state index contributed by atoms with van der Waals surface area (Å²) in [4.78, 5) is 22.8. The van der Waals surface area contributed by atoms with Gasteiger partial charge in [-0.1, -0.05) is 0 Å². The van der Waals surface area contributed by atoms with Crippen molar-refractivity contribution >= 4 is 11.7 Å². The summed E-state index contributed by atoms with van der Waals surface area (Å²) >= 11 is 0. The molecule has 1 aromatic rings. The highest BCUT2D eigenvalue weighted by Crippen LogP contribution is 2.32. The van der Waals surface area contributed by atoms with Crippen LogP contribution in [0.4, 0.5) is 5.82 Å². The highest BCUT2D eigenvalue weighted by Gasteiger charge is 2.40. The fraction of sp³-hybridized carbons (Fsp3) is 0.688. The van der Waals surface area contributed by atoms with Gasteiger partial charge in [-0.3, -0.25) is 4.79 Å². The van der Waals surface area contributed by atoms with Gasteiger partial charge in [0.25, 0.3) is 5.91 Å². The number of piperidine rings is 1. The van der Waals surface area contributed by atoms with Crippen molar-refractivity contribution in [1.29, 1.82) is 0 Å². The average molecular weight is 320 g/mol. The van der Waals surface area contributed by atoms with Gasteiger partial charge in [0.2, 0.25) is 0 Å². The van der Waals surface area contributed by atoms with Gasteiger partial charge in [-0.2, -0.15) is 0 Å². The maximum absolute atomic E-state index is 12.1. The minimum atomic E-state index is -0.392. The molecule has 2 saturated heterocycles. The number of ether oxygens (including phenoxy) is 2. The largest absolute Gasteiger partial charge is 0.355 e. The fourth-order valence-corrected chi connectivity index (χ4v) is 2.87. The molecule has 0 radical (unpaired) electrons. The molecule has 7 heteroatoms. The summed E-state index contributed by atoms with van der Waals surface area (Å²) in [6, 6.07) is 0. The topological polar surface area (TPSA) is 76.6 Å². The quantitative estimate of drug-likeness (QED) is 0.886. The van der Waals surface area contributed by atoms with Gasteiger partial charge in [0.05, 0.1) is 25.6 Å². The van der Waals surface area contributed by atoms with Gasteiger partial charge in [0.15, 0.2) is 5.79 Å². The number of carbonyl (C=O) groups is 1. The number of hydrogen-bond acceptors (Lipinski definition) is 6. The van der Waals surface area contributed by atoms with Crippen molar-refractivity contribution in [2.45, 2.75) is 44.9 Å². The summed E-state index contributed by atoms with van der Waals surface area (Å²) < 4.78 is 11.4. The molecular formula is C16H24N4O3. The predicted octanol–water partition coefficient (Wildman–Crippen LogP) is 1.35. The molecule has 23 heavy (non-hydrogen) atoms. The van der Waals surface area contributed by atoms with Gasteiger partial charge in [-0.05, 0) is 20.8 Å². The van der Waals surface area contributed by atoms with Crippen molar-refractivity contribution < 1.29 is 14.3 Å². The Hall–Kier alpha value is -1.73. The molecule has 0 atom stereocenters. The highest BCUT2D eigenvalue weighted by molar-refractivity contribution is 5.92. The second-order valence-electron chi connectivity index (χ2n) is 7.06. The van der Waals surface area contributed by atoms with Gasteiger partial charge in [-0.15, -0.1) is 0 Å². The van der Waals surface area contributed by atoms with Crippen LogP contribution in [-0.2, 0) is 9.47 Å². The Morgan fingerprint density at radius 1 is 1.17 bits per heavy atom. The van der Waals surface area contributed by atoms with E-state index in [1.54, 1.807) is 6.20 Å². The third kappa shape index (κ3) is 3.79. The zero-order chi connectivity index (χ0) is 16.5. The number of hydrogen-bond donors (Lipinski definition) is 1. The Labute approximate surface area is 136 Å². The number of amides is 1. The summed E-state index contributed by atoms with van der Waals surface area (Å²) in [6.45, 7) is 8.77. The Kier molecular flexibility index (Phi) is 4.25. The van der Waals surface area contributed by atoms with E-state index in [2.05, 4.69) is 20.2 Å². The molecule has 0 saturated carbocycles. The molecule has 0 aliphatic carbocycles. The molecule has 0 bridgehead atoms. The normalized spacial score (nSPS) is 20.7. The van der Waals surface area contributed by atoms with Crippen LogP contribution in [0.15, 0.2) is 12.4 Å². The summed E-state index contributed by atoms with van der Waals surface area (Å²) in [5.74, 6) is 0.184. The van der Waals surface area contributed by atoms with Crippen LogP contribution in [0, 0.1) is 0 Å². The highest BCUT2D eigenvalue weighted by atomic mass is 16.7. The minimum absolute atomic E-state index is 0.207. The van der Waals surface area contributed by atoms with E-state index in [0.29, 0.717) is 18.9 Å². The van der Waals surface area contributed by atoms with Crippen molar-refractivity contribution in [3.63, 3.8) is 0 Å². The van der Waals surface area contributed by atoms with E-state index in [1.165, 1.54) is 6.20 Å². The molecule has 2 aliphatic heterocycles. The maximum Gasteiger partial charge on any atom is 0.271 e. The monoisotopic (exact) mass is 320 g/mol. The zero-order valence-corrected chi connectivity index (χ0v) is 14.0. The van der Waals surface area contributed by atoms with Crippen LogP contribution in [0.2, 0.25) is 0 Å². The van der Waals surface area contributed by atoms with Crippen LogP contribution >= 0.6 is 0 Å². The van der Waals surface area contributed by atoms with E-state index in [-0.39, 0.29) is 11.4 Å². The van der Waals surface area contributed by atoms with Crippen LogP contribution < -0.4 is 10.2 Å². The van der Waals surface area contributed by atoms with Crippen molar-refractivity contribution in [3.8, 4) is 0 Å². The molecule has 1 N–H and O–H groups in total. The third-order valence-corrected chi connectivity index (χ3v) is 4.02. The second kappa shape index (κ2) is 6.05. The zero-order valence-electron chi connectivity index (χ0n) is 14.0. The van der Waals surface area contributed by atoms with Crippen molar-refractivity contribution in [3.05, 3.63) is 18.1 Å². The lowest BCUT2D eigenvalue weighted by molar-refractivity contribution is -0.169. The molecular weight excluding hydrogens is 296 g/mol. The number of nitrogens with one attached hydrogen (secondary N) is 1. The van der Waals surface area contributed by atoms with Crippen LogP contribution in [0.3, 0.4) is 0 Å². The lowest BCUT2D eigenvalue weighted by Gasteiger charge is -2.37. The van der Waals surface area contributed by atoms with E-state index in [0.717, 1.165) is 31.7 Å². The number of carbonyl (C=O) groups excluding carboxylic acids is 1. The molecule has 7 nitrogen and oxygen atoms in total. The number of anilines is 1. The Morgan fingerprint density at radius 2 is 1.83 bits per heavy atom. The van der Waals surface area contributed by atoms with E-state index in [4.69, 9.17) is 9.47 Å². The van der Waals surface area contributed by atoms with Crippen LogP contribution in [0.1, 0.15) is 44.1 Å². The molecule has 3 rings (SSSR count). The summed E-state index contributed by atoms with van der Waals surface area (Å²) in [7, 11) is 0. The first-order chi connectivity index (χ1) is 10.9. The molecule has 1 spiro atoms. The predicted molar refractivity (Wildman–Crippen MR) is 85.3 cm³/mol. The Morgan fingerprint density at radius 3 is 2.35 bits per heavy atom. The first-order valence-corrected chi connectivity index (χ1v) is 8.04. The minimum Gasteiger partial charge on any atom is -0.355 e. The van der Waals surface area contributed by atoms with Gasteiger partial charge in [0.1, 0.15) is 11.5 Å². The lowest BCUT2D eigenvalue weighted by atomic mass is 10.0. The van der Waals surface area contributed by atoms with Crippen LogP contribution in [0.5, 0.6) is 0 Å². The summed E-state index contributed by atoms with van der Waals surface area (Å²) in [6.07, 6.45) is 4.83. The third-order valence-electron chi connectivity index (χ3n) is 4.02. The molecule has 3 heterocycles. The molecule has 0 unspecified atom stereocenters. The molecule has 0 aromatic carbocycles. The lowest BCUT2D eigenvalue weighted by Crippen LogP contribution is -2.45. The van der Waals surface area contributed by atoms with Crippen molar-refractivity contribution in [2.75, 3.05) is 31.2 Å². The van der Waals surface area contributed by atoms with Gasteiger partial charge in [-0.25, -0.2) is 9.97 Å². The van der Waals surface area contributed by atoms with Crippen molar-refractivity contribution in [1.82, 2.24) is 15.3 Å². The van der Waals surface area contributed by atoms with Gasteiger partial charge >= 0.3 is 0 Å². The smallest absolute Gasteiger partial charge is 0.271 e. The first kappa shape index (κ1) is 16.1. The molecule has 1 aromatic heterocycles. The molecule has 126 valence electrons. The Bertz CT molecular complexity index is 552. The SMILES string of the molecule is CC(C)(C)NC(=O)c1cnc(N2CCC3(CC2)OCCO3)cn1. The second-order valence-corrected chi connectivity index (χ2v) is 7.06. The molecule has 1 amide bonds. The van der Waals surface area contributed by atoms with Crippen molar-refractivity contribution in [2.24, 2.45) is 0 Å². The Balaban J connectivity index is 1.61. The van der Waals surface area contributed by atoms with Crippen LogP contribution in [-0.4, -0.2) is 53.5 Å². The number of rotatable bonds is 2.